The van der Waals surface area contributed by atoms with E-state index in [4.69, 9.17) is 9.84 Å². The van der Waals surface area contributed by atoms with Crippen molar-refractivity contribution in [2.75, 3.05) is 5.32 Å². The van der Waals surface area contributed by atoms with Crippen LogP contribution in [0.2, 0.25) is 0 Å². The standard InChI is InChI=1S/C13H11NO4S/c15-12(16)10-6-11(19-8-10)14-13(17)18-7-9-4-2-1-3-5-9/h1-6,8H,7H2,(H,14,17)(H,15,16). The number of thiophene rings is 1. The highest BCUT2D eigenvalue weighted by Gasteiger charge is 2.09. The van der Waals surface area contributed by atoms with Crippen molar-refractivity contribution < 1.29 is 19.4 Å². The molecular weight excluding hydrogens is 266 g/mol. The molecule has 1 heterocycles. The van der Waals surface area contributed by atoms with Crippen LogP contribution in [0.25, 0.3) is 0 Å². The number of anilines is 1. The maximum absolute atomic E-state index is 11.5. The lowest BCUT2D eigenvalue weighted by atomic mass is 10.2. The van der Waals surface area contributed by atoms with Gasteiger partial charge in [0.1, 0.15) is 6.61 Å². The zero-order valence-corrected chi connectivity index (χ0v) is 10.6. The second kappa shape index (κ2) is 6.01. The predicted octanol–water partition coefficient (Wildman–Crippen LogP) is 3.20. The zero-order chi connectivity index (χ0) is 13.7. The molecule has 0 radical (unpaired) electrons. The summed E-state index contributed by atoms with van der Waals surface area (Å²) in [6.07, 6.45) is -0.609. The van der Waals surface area contributed by atoms with Gasteiger partial charge < -0.3 is 9.84 Å². The highest BCUT2D eigenvalue weighted by molar-refractivity contribution is 7.14. The van der Waals surface area contributed by atoms with Crippen molar-refractivity contribution in [1.82, 2.24) is 0 Å². The van der Waals surface area contributed by atoms with Crippen molar-refractivity contribution in [2.24, 2.45) is 0 Å². The average molecular weight is 277 g/mol. The summed E-state index contributed by atoms with van der Waals surface area (Å²) in [5, 5.41) is 13.1. The highest BCUT2D eigenvalue weighted by atomic mass is 32.1. The van der Waals surface area contributed by atoms with Crippen molar-refractivity contribution in [1.29, 1.82) is 0 Å². The average Bonchev–Trinajstić information content (AvgIpc) is 2.86. The molecule has 6 heteroatoms. The topological polar surface area (TPSA) is 75.6 Å². The van der Waals surface area contributed by atoms with Gasteiger partial charge >= 0.3 is 12.1 Å². The molecule has 98 valence electrons. The summed E-state index contributed by atoms with van der Waals surface area (Å²) in [4.78, 5) is 22.2. The summed E-state index contributed by atoms with van der Waals surface area (Å²) >= 11 is 1.14. The number of benzene rings is 1. The van der Waals surface area contributed by atoms with E-state index < -0.39 is 12.1 Å². The molecule has 0 spiro atoms. The van der Waals surface area contributed by atoms with E-state index in [9.17, 15) is 9.59 Å². The third kappa shape index (κ3) is 3.82. The lowest BCUT2D eigenvalue weighted by molar-refractivity contribution is 0.0697. The van der Waals surface area contributed by atoms with Crippen LogP contribution in [0.1, 0.15) is 15.9 Å². The van der Waals surface area contributed by atoms with Gasteiger partial charge in [0.25, 0.3) is 0 Å². The van der Waals surface area contributed by atoms with Gasteiger partial charge in [0.2, 0.25) is 0 Å². The van der Waals surface area contributed by atoms with E-state index in [0.29, 0.717) is 5.00 Å². The lowest BCUT2D eigenvalue weighted by Gasteiger charge is -2.05. The molecule has 0 fully saturated rings. The molecule has 0 aliphatic heterocycles. The zero-order valence-electron chi connectivity index (χ0n) is 9.83. The van der Waals surface area contributed by atoms with Gasteiger partial charge in [-0.05, 0) is 11.6 Å². The van der Waals surface area contributed by atoms with Crippen LogP contribution in [-0.2, 0) is 11.3 Å². The van der Waals surface area contributed by atoms with Gasteiger partial charge in [-0.15, -0.1) is 11.3 Å². The van der Waals surface area contributed by atoms with Gasteiger partial charge in [0, 0.05) is 5.38 Å². The molecule has 0 saturated carbocycles. The van der Waals surface area contributed by atoms with Crippen molar-refractivity contribution >= 4 is 28.4 Å². The van der Waals surface area contributed by atoms with Crippen molar-refractivity contribution in [3.63, 3.8) is 0 Å². The van der Waals surface area contributed by atoms with E-state index in [1.54, 1.807) is 0 Å². The summed E-state index contributed by atoms with van der Waals surface area (Å²) in [5.41, 5.74) is 1.03. The molecule has 0 aliphatic carbocycles. The first-order valence-corrected chi connectivity index (χ1v) is 6.32. The van der Waals surface area contributed by atoms with Crippen LogP contribution in [0, 0.1) is 0 Å². The molecule has 0 bridgehead atoms. The molecule has 0 aliphatic rings. The van der Waals surface area contributed by atoms with Gasteiger partial charge in [0.15, 0.2) is 0 Å². The van der Waals surface area contributed by atoms with E-state index in [1.165, 1.54) is 11.4 Å². The number of hydrogen-bond acceptors (Lipinski definition) is 4. The number of ether oxygens (including phenoxy) is 1. The molecule has 5 nitrogen and oxygen atoms in total. The number of carboxylic acid groups (broad SMARTS) is 1. The Morgan fingerprint density at radius 2 is 2.00 bits per heavy atom. The largest absolute Gasteiger partial charge is 0.478 e. The van der Waals surface area contributed by atoms with Crippen LogP contribution in [0.5, 0.6) is 0 Å². The Labute approximate surface area is 113 Å². The second-order valence-electron chi connectivity index (χ2n) is 3.69. The first kappa shape index (κ1) is 13.1. The van der Waals surface area contributed by atoms with Crippen molar-refractivity contribution in [3.05, 3.63) is 52.9 Å². The highest BCUT2D eigenvalue weighted by Crippen LogP contribution is 2.20. The van der Waals surface area contributed by atoms with E-state index in [2.05, 4.69) is 5.32 Å². The number of amides is 1. The van der Waals surface area contributed by atoms with Crippen LogP contribution >= 0.6 is 11.3 Å². The smallest absolute Gasteiger partial charge is 0.412 e. The van der Waals surface area contributed by atoms with E-state index in [0.717, 1.165) is 16.9 Å². The molecular formula is C13H11NO4S. The summed E-state index contributed by atoms with van der Waals surface area (Å²) in [7, 11) is 0. The van der Waals surface area contributed by atoms with Gasteiger partial charge in [-0.3, -0.25) is 5.32 Å². The quantitative estimate of drug-likeness (QED) is 0.899. The number of carbonyl (C=O) groups excluding carboxylic acids is 1. The van der Waals surface area contributed by atoms with Gasteiger partial charge in [-0.25, -0.2) is 9.59 Å². The van der Waals surface area contributed by atoms with Crippen LogP contribution < -0.4 is 5.32 Å². The number of nitrogens with one attached hydrogen (secondary N) is 1. The monoisotopic (exact) mass is 277 g/mol. The Bertz CT molecular complexity index is 579. The Morgan fingerprint density at radius 1 is 1.26 bits per heavy atom. The van der Waals surface area contributed by atoms with Crippen LogP contribution in [0.3, 0.4) is 0 Å². The molecule has 2 N–H and O–H groups in total. The number of carboxylic acids is 1. The number of carbonyl (C=O) groups is 2. The molecule has 1 amide bonds. The van der Waals surface area contributed by atoms with Crippen molar-refractivity contribution in [3.8, 4) is 0 Å². The fourth-order valence-electron chi connectivity index (χ4n) is 1.37. The second-order valence-corrected chi connectivity index (χ2v) is 4.60. The number of hydrogen-bond donors (Lipinski definition) is 2. The van der Waals surface area contributed by atoms with Crippen LogP contribution in [0.15, 0.2) is 41.8 Å². The summed E-state index contributed by atoms with van der Waals surface area (Å²) in [6, 6.07) is 10.7. The maximum atomic E-state index is 11.5. The molecule has 1 aromatic heterocycles. The summed E-state index contributed by atoms with van der Waals surface area (Å²) in [5.74, 6) is -1.03. The Kier molecular flexibility index (Phi) is 4.15. The normalized spacial score (nSPS) is 9.89. The van der Waals surface area contributed by atoms with Gasteiger partial charge in [-0.1, -0.05) is 30.3 Å². The minimum absolute atomic E-state index is 0.142. The molecule has 19 heavy (non-hydrogen) atoms. The Hall–Kier alpha value is -2.34. The minimum Gasteiger partial charge on any atom is -0.478 e. The third-order valence-electron chi connectivity index (χ3n) is 2.28. The van der Waals surface area contributed by atoms with Gasteiger partial charge in [0.05, 0.1) is 10.6 Å². The molecule has 0 atom stereocenters. The van der Waals surface area contributed by atoms with Crippen LogP contribution in [-0.4, -0.2) is 17.2 Å². The summed E-state index contributed by atoms with van der Waals surface area (Å²) < 4.78 is 5.01. The molecule has 2 aromatic rings. The first-order valence-electron chi connectivity index (χ1n) is 5.44. The number of rotatable bonds is 4. The minimum atomic E-state index is -1.03. The van der Waals surface area contributed by atoms with Crippen molar-refractivity contribution in [2.45, 2.75) is 6.61 Å². The SMILES string of the molecule is O=C(Nc1cc(C(=O)O)cs1)OCc1ccccc1. The summed E-state index contributed by atoms with van der Waals surface area (Å²) in [6.45, 7) is 0.170. The fraction of sp³-hybridized carbons (Fsp3) is 0.0769. The Balaban J connectivity index is 1.85. The molecule has 2 rings (SSSR count). The van der Waals surface area contributed by atoms with E-state index in [-0.39, 0.29) is 12.2 Å². The van der Waals surface area contributed by atoms with E-state index in [1.807, 2.05) is 30.3 Å². The third-order valence-corrected chi connectivity index (χ3v) is 3.13. The van der Waals surface area contributed by atoms with Crippen LogP contribution in [0.4, 0.5) is 9.80 Å². The van der Waals surface area contributed by atoms with E-state index >= 15 is 0 Å². The number of aromatic carboxylic acids is 1. The predicted molar refractivity (Wildman–Crippen MR) is 71.5 cm³/mol. The lowest BCUT2D eigenvalue weighted by Crippen LogP contribution is -2.12. The molecule has 0 unspecified atom stereocenters. The van der Waals surface area contributed by atoms with Gasteiger partial charge in [-0.2, -0.15) is 0 Å². The fourth-order valence-corrected chi connectivity index (χ4v) is 2.13. The molecule has 1 aromatic carbocycles. The Morgan fingerprint density at radius 3 is 2.63 bits per heavy atom. The molecule has 0 saturated heterocycles. The maximum Gasteiger partial charge on any atom is 0.412 e. The first-order chi connectivity index (χ1) is 9.15.